The first-order valence-corrected chi connectivity index (χ1v) is 4.18. The molecule has 0 amide bonds. The number of esters is 1. The lowest BCUT2D eigenvalue weighted by atomic mass is 10.3. The zero-order chi connectivity index (χ0) is 9.40. The van der Waals surface area contributed by atoms with E-state index in [4.69, 9.17) is 5.11 Å². The molecule has 0 aromatic heterocycles. The Morgan fingerprint density at radius 1 is 1.58 bits per heavy atom. The van der Waals surface area contributed by atoms with Crippen molar-refractivity contribution in [3.05, 3.63) is 12.2 Å². The molecule has 0 saturated heterocycles. The standard InChI is InChI=1S/C9H16O3/c1-3-4-5-6-7-12-9(11)8(2)10/h5-6,8,10H,3-4,7H2,1-2H3/b6-5+/t8-/m1/s1. The van der Waals surface area contributed by atoms with Crippen LogP contribution in [0.4, 0.5) is 0 Å². The summed E-state index contributed by atoms with van der Waals surface area (Å²) in [4.78, 5) is 10.7. The zero-order valence-corrected chi connectivity index (χ0v) is 7.62. The van der Waals surface area contributed by atoms with Gasteiger partial charge in [-0.3, -0.25) is 0 Å². The third-order valence-electron chi connectivity index (χ3n) is 1.28. The van der Waals surface area contributed by atoms with Gasteiger partial charge in [-0.1, -0.05) is 25.5 Å². The highest BCUT2D eigenvalue weighted by molar-refractivity contribution is 5.73. The first kappa shape index (κ1) is 11.2. The minimum atomic E-state index is -1.02. The summed E-state index contributed by atoms with van der Waals surface area (Å²) in [5.74, 6) is -0.573. The Morgan fingerprint density at radius 3 is 2.75 bits per heavy atom. The van der Waals surface area contributed by atoms with Crippen LogP contribution < -0.4 is 0 Å². The van der Waals surface area contributed by atoms with Gasteiger partial charge >= 0.3 is 5.97 Å². The summed E-state index contributed by atoms with van der Waals surface area (Å²) in [7, 11) is 0. The number of hydrogen-bond donors (Lipinski definition) is 1. The number of rotatable bonds is 5. The summed E-state index contributed by atoms with van der Waals surface area (Å²) in [6.07, 6.45) is 4.79. The normalized spacial score (nSPS) is 13.2. The molecule has 0 unspecified atom stereocenters. The van der Waals surface area contributed by atoms with Crippen molar-refractivity contribution in [2.45, 2.75) is 32.8 Å². The number of aliphatic hydroxyl groups excluding tert-OH is 1. The number of ether oxygens (including phenoxy) is 1. The van der Waals surface area contributed by atoms with Gasteiger partial charge in [0.2, 0.25) is 0 Å². The average molecular weight is 172 g/mol. The molecule has 3 nitrogen and oxygen atoms in total. The highest BCUT2D eigenvalue weighted by Gasteiger charge is 2.07. The van der Waals surface area contributed by atoms with Crippen molar-refractivity contribution in [1.29, 1.82) is 0 Å². The average Bonchev–Trinajstić information content (AvgIpc) is 2.03. The Morgan fingerprint density at radius 2 is 2.25 bits per heavy atom. The van der Waals surface area contributed by atoms with Gasteiger partial charge in [0.25, 0.3) is 0 Å². The maximum absolute atomic E-state index is 10.7. The van der Waals surface area contributed by atoms with Crippen LogP contribution in [0.15, 0.2) is 12.2 Å². The molecule has 3 heteroatoms. The molecule has 0 fully saturated rings. The van der Waals surface area contributed by atoms with Gasteiger partial charge in [-0.2, -0.15) is 0 Å². The third-order valence-corrected chi connectivity index (χ3v) is 1.28. The van der Waals surface area contributed by atoms with Crippen LogP contribution >= 0.6 is 0 Å². The van der Waals surface area contributed by atoms with Gasteiger partial charge in [0.1, 0.15) is 12.7 Å². The molecule has 0 aliphatic carbocycles. The molecule has 12 heavy (non-hydrogen) atoms. The summed E-state index contributed by atoms with van der Waals surface area (Å²) in [5, 5.41) is 8.72. The number of unbranched alkanes of at least 4 members (excludes halogenated alkanes) is 1. The van der Waals surface area contributed by atoms with Crippen LogP contribution in [-0.2, 0) is 9.53 Å². The van der Waals surface area contributed by atoms with Gasteiger partial charge in [0.05, 0.1) is 0 Å². The van der Waals surface area contributed by atoms with Crippen molar-refractivity contribution in [1.82, 2.24) is 0 Å². The highest BCUT2D eigenvalue weighted by atomic mass is 16.5. The molecule has 0 radical (unpaired) electrons. The summed E-state index contributed by atoms with van der Waals surface area (Å²) >= 11 is 0. The molecule has 0 saturated carbocycles. The molecule has 0 aliphatic heterocycles. The van der Waals surface area contributed by atoms with Crippen molar-refractivity contribution in [3.63, 3.8) is 0 Å². The second kappa shape index (κ2) is 6.85. The first-order chi connectivity index (χ1) is 5.68. The van der Waals surface area contributed by atoms with Crippen LogP contribution in [0.3, 0.4) is 0 Å². The number of hydrogen-bond acceptors (Lipinski definition) is 3. The maximum atomic E-state index is 10.7. The van der Waals surface area contributed by atoms with Gasteiger partial charge in [-0.05, 0) is 13.3 Å². The molecule has 1 atom stereocenters. The van der Waals surface area contributed by atoms with E-state index in [0.29, 0.717) is 0 Å². The molecule has 0 bridgehead atoms. The topological polar surface area (TPSA) is 46.5 Å². The second-order valence-corrected chi connectivity index (χ2v) is 2.57. The second-order valence-electron chi connectivity index (χ2n) is 2.57. The van der Waals surface area contributed by atoms with E-state index in [1.165, 1.54) is 6.92 Å². The van der Waals surface area contributed by atoms with Crippen molar-refractivity contribution >= 4 is 5.97 Å². The first-order valence-electron chi connectivity index (χ1n) is 4.18. The van der Waals surface area contributed by atoms with E-state index in [9.17, 15) is 4.79 Å². The minimum Gasteiger partial charge on any atom is -0.460 e. The van der Waals surface area contributed by atoms with E-state index in [-0.39, 0.29) is 6.61 Å². The van der Waals surface area contributed by atoms with E-state index in [1.54, 1.807) is 6.08 Å². The van der Waals surface area contributed by atoms with Crippen LogP contribution in [0.5, 0.6) is 0 Å². The Labute approximate surface area is 73.0 Å². The molecule has 0 aromatic rings. The molecule has 0 heterocycles. The van der Waals surface area contributed by atoms with Gasteiger partial charge in [0, 0.05) is 0 Å². The van der Waals surface area contributed by atoms with E-state index in [0.717, 1.165) is 12.8 Å². The van der Waals surface area contributed by atoms with Crippen LogP contribution in [0.2, 0.25) is 0 Å². The van der Waals surface area contributed by atoms with E-state index >= 15 is 0 Å². The Bertz CT molecular complexity index is 150. The fraction of sp³-hybridized carbons (Fsp3) is 0.667. The highest BCUT2D eigenvalue weighted by Crippen LogP contribution is 1.90. The molecular weight excluding hydrogens is 156 g/mol. The quantitative estimate of drug-likeness (QED) is 0.501. The monoisotopic (exact) mass is 172 g/mol. The van der Waals surface area contributed by atoms with Crippen LogP contribution in [0.1, 0.15) is 26.7 Å². The van der Waals surface area contributed by atoms with Crippen LogP contribution in [0, 0.1) is 0 Å². The smallest absolute Gasteiger partial charge is 0.334 e. The lowest BCUT2D eigenvalue weighted by Crippen LogP contribution is -2.19. The van der Waals surface area contributed by atoms with E-state index in [2.05, 4.69) is 11.7 Å². The molecule has 0 rings (SSSR count). The Balaban J connectivity index is 3.37. The Hall–Kier alpha value is -0.830. The zero-order valence-electron chi connectivity index (χ0n) is 7.62. The lowest BCUT2D eigenvalue weighted by Gasteiger charge is -2.02. The fourth-order valence-electron chi connectivity index (χ4n) is 0.603. The predicted octanol–water partition coefficient (Wildman–Crippen LogP) is 1.27. The van der Waals surface area contributed by atoms with Gasteiger partial charge in [0.15, 0.2) is 0 Å². The van der Waals surface area contributed by atoms with Crippen molar-refractivity contribution in [3.8, 4) is 0 Å². The minimum absolute atomic E-state index is 0.254. The van der Waals surface area contributed by atoms with E-state index < -0.39 is 12.1 Å². The number of aliphatic hydroxyl groups is 1. The fourth-order valence-corrected chi connectivity index (χ4v) is 0.603. The summed E-state index contributed by atoms with van der Waals surface area (Å²) in [5.41, 5.74) is 0. The molecule has 70 valence electrons. The lowest BCUT2D eigenvalue weighted by molar-refractivity contribution is -0.151. The van der Waals surface area contributed by atoms with Gasteiger partial charge < -0.3 is 9.84 Å². The summed E-state index contributed by atoms with van der Waals surface area (Å²) < 4.78 is 4.67. The number of allylic oxidation sites excluding steroid dienone is 1. The van der Waals surface area contributed by atoms with Crippen molar-refractivity contribution < 1.29 is 14.6 Å². The summed E-state index contributed by atoms with van der Waals surface area (Å²) in [6, 6.07) is 0. The third kappa shape index (κ3) is 5.92. The number of carbonyl (C=O) groups is 1. The molecule has 0 spiro atoms. The molecule has 0 aromatic carbocycles. The maximum Gasteiger partial charge on any atom is 0.334 e. The Kier molecular flexibility index (Phi) is 6.38. The molecule has 1 N–H and O–H groups in total. The van der Waals surface area contributed by atoms with Gasteiger partial charge in [-0.25, -0.2) is 4.79 Å². The van der Waals surface area contributed by atoms with Crippen LogP contribution in [0.25, 0.3) is 0 Å². The number of carbonyl (C=O) groups excluding carboxylic acids is 1. The van der Waals surface area contributed by atoms with Crippen LogP contribution in [-0.4, -0.2) is 23.8 Å². The predicted molar refractivity (Wildman–Crippen MR) is 46.7 cm³/mol. The van der Waals surface area contributed by atoms with E-state index in [1.807, 2.05) is 6.08 Å². The van der Waals surface area contributed by atoms with Crippen molar-refractivity contribution in [2.75, 3.05) is 6.61 Å². The largest absolute Gasteiger partial charge is 0.460 e. The SMILES string of the molecule is CCC/C=C/COC(=O)[C@@H](C)O. The molecule has 0 aliphatic rings. The van der Waals surface area contributed by atoms with Gasteiger partial charge in [-0.15, -0.1) is 0 Å². The molecular formula is C9H16O3. The van der Waals surface area contributed by atoms with Crippen molar-refractivity contribution in [2.24, 2.45) is 0 Å². The summed E-state index contributed by atoms with van der Waals surface area (Å²) in [6.45, 7) is 3.72.